The first-order valence-corrected chi connectivity index (χ1v) is 5.15. The Morgan fingerprint density at radius 3 is 2.87 bits per heavy atom. The predicted octanol–water partition coefficient (Wildman–Crippen LogP) is 4.20. The molecule has 4 heteroatoms. The molecule has 0 atom stereocenters. The van der Waals surface area contributed by atoms with Crippen molar-refractivity contribution in [1.82, 2.24) is 0 Å². The fraction of sp³-hybridized carbons (Fsp3) is 0.455. The number of ether oxygens (including phenoxy) is 1. The molecule has 1 aromatic carbocycles. The van der Waals surface area contributed by atoms with Crippen molar-refractivity contribution in [1.29, 1.82) is 0 Å². The van der Waals surface area contributed by atoms with Crippen LogP contribution in [0.3, 0.4) is 0 Å². The predicted molar refractivity (Wildman–Crippen MR) is 60.3 cm³/mol. The lowest BCUT2D eigenvalue weighted by Gasteiger charge is -2.07. The molecule has 0 radical (unpaired) electrons. The Kier molecular flexibility index (Phi) is 5.12. The first-order valence-electron chi connectivity index (χ1n) is 5.15. The van der Waals surface area contributed by atoms with Gasteiger partial charge in [0.05, 0.1) is 12.3 Å². The third kappa shape index (κ3) is 3.92. The maximum Gasteiger partial charge on any atom is 0.128 e. The minimum atomic E-state index is 0.552. The molecule has 80 valence electrons. The van der Waals surface area contributed by atoms with Crippen LogP contribution in [0.5, 0.6) is 5.75 Å². The first kappa shape index (κ1) is 11.4. The topological polar surface area (TPSA) is 58.0 Å². The minimum absolute atomic E-state index is 0.552. The molecule has 1 rings (SSSR count). The monoisotopic (exact) mass is 205 g/mol. The van der Waals surface area contributed by atoms with Crippen LogP contribution in [0.15, 0.2) is 29.4 Å². The molecule has 1 aromatic rings. The van der Waals surface area contributed by atoms with Crippen molar-refractivity contribution in [2.45, 2.75) is 26.2 Å². The van der Waals surface area contributed by atoms with Gasteiger partial charge in [0.25, 0.3) is 0 Å². The second-order valence-electron chi connectivity index (χ2n) is 3.21. The van der Waals surface area contributed by atoms with Gasteiger partial charge in [0.1, 0.15) is 5.75 Å². The smallest absolute Gasteiger partial charge is 0.128 e. The number of rotatable bonds is 6. The maximum absolute atomic E-state index is 8.36. The van der Waals surface area contributed by atoms with Gasteiger partial charge in [0.2, 0.25) is 0 Å². The molecule has 15 heavy (non-hydrogen) atoms. The van der Waals surface area contributed by atoms with Crippen molar-refractivity contribution in [3.05, 3.63) is 34.7 Å². The summed E-state index contributed by atoms with van der Waals surface area (Å²) in [4.78, 5) is 2.76. The van der Waals surface area contributed by atoms with E-state index in [1.54, 1.807) is 6.07 Å². The van der Waals surface area contributed by atoms with E-state index in [-0.39, 0.29) is 0 Å². The normalized spacial score (nSPS) is 9.40. The minimum Gasteiger partial charge on any atom is -0.493 e. The zero-order valence-electron chi connectivity index (χ0n) is 8.89. The van der Waals surface area contributed by atoms with E-state index >= 15 is 0 Å². The summed E-state index contributed by atoms with van der Waals surface area (Å²) in [5.41, 5.74) is 8.91. The van der Waals surface area contributed by atoms with Gasteiger partial charge in [-0.05, 0) is 24.1 Å². The Labute approximate surface area is 89.5 Å². The summed E-state index contributed by atoms with van der Waals surface area (Å²) in [7, 11) is 0. The van der Waals surface area contributed by atoms with Gasteiger partial charge in [0.15, 0.2) is 0 Å². The highest BCUT2D eigenvalue weighted by Crippen LogP contribution is 2.26. The van der Waals surface area contributed by atoms with E-state index in [4.69, 9.17) is 10.3 Å². The summed E-state index contributed by atoms with van der Waals surface area (Å²) in [6, 6.07) is 7.25. The van der Waals surface area contributed by atoms with Crippen molar-refractivity contribution < 1.29 is 4.74 Å². The van der Waals surface area contributed by atoms with Crippen LogP contribution in [0.1, 0.15) is 26.2 Å². The van der Waals surface area contributed by atoms with Crippen LogP contribution >= 0.6 is 0 Å². The standard InChI is InChI=1S/C11H15N3O/c1-2-3-6-9-15-11-8-5-4-7-10(11)13-14-12/h4-5,7-8H,2-3,6,9H2,1H3. The summed E-state index contributed by atoms with van der Waals surface area (Å²) < 4.78 is 5.53. The zero-order chi connectivity index (χ0) is 10.9. The van der Waals surface area contributed by atoms with Crippen LogP contribution < -0.4 is 4.74 Å². The molecule has 0 saturated heterocycles. The molecular formula is C11H15N3O. The van der Waals surface area contributed by atoms with Crippen molar-refractivity contribution in [3.8, 4) is 5.75 Å². The van der Waals surface area contributed by atoms with Crippen molar-refractivity contribution >= 4 is 5.69 Å². The van der Waals surface area contributed by atoms with E-state index in [2.05, 4.69) is 16.9 Å². The lowest BCUT2D eigenvalue weighted by atomic mass is 10.2. The lowest BCUT2D eigenvalue weighted by molar-refractivity contribution is 0.307. The van der Waals surface area contributed by atoms with E-state index < -0.39 is 0 Å². The second-order valence-corrected chi connectivity index (χ2v) is 3.21. The highest BCUT2D eigenvalue weighted by molar-refractivity contribution is 5.50. The van der Waals surface area contributed by atoms with Gasteiger partial charge < -0.3 is 4.74 Å². The molecule has 0 heterocycles. The van der Waals surface area contributed by atoms with E-state index in [1.807, 2.05) is 18.2 Å². The summed E-state index contributed by atoms with van der Waals surface area (Å²) in [6.07, 6.45) is 3.35. The van der Waals surface area contributed by atoms with Crippen LogP contribution in [-0.4, -0.2) is 6.61 Å². The maximum atomic E-state index is 8.36. The first-order chi connectivity index (χ1) is 7.38. The zero-order valence-corrected chi connectivity index (χ0v) is 8.89. The number of nitrogens with zero attached hydrogens (tertiary/aromatic N) is 3. The van der Waals surface area contributed by atoms with Gasteiger partial charge in [-0.15, -0.1) is 0 Å². The number of unbranched alkanes of at least 4 members (excludes halogenated alkanes) is 2. The molecule has 0 N–H and O–H groups in total. The quantitative estimate of drug-likeness (QED) is 0.297. The Bertz CT molecular complexity index is 345. The van der Waals surface area contributed by atoms with E-state index in [0.717, 1.165) is 12.8 Å². The fourth-order valence-corrected chi connectivity index (χ4v) is 1.24. The summed E-state index contributed by atoms with van der Waals surface area (Å²) in [5.74, 6) is 0.659. The van der Waals surface area contributed by atoms with Crippen LogP contribution in [0, 0.1) is 0 Å². The number of azide groups is 1. The lowest BCUT2D eigenvalue weighted by Crippen LogP contribution is -1.96. The Balaban J connectivity index is 2.55. The van der Waals surface area contributed by atoms with Crippen molar-refractivity contribution in [2.24, 2.45) is 5.11 Å². The molecular weight excluding hydrogens is 190 g/mol. The van der Waals surface area contributed by atoms with Gasteiger partial charge in [0, 0.05) is 4.91 Å². The van der Waals surface area contributed by atoms with Crippen LogP contribution in [-0.2, 0) is 0 Å². The molecule has 0 bridgehead atoms. The number of hydrogen-bond acceptors (Lipinski definition) is 2. The number of hydrogen-bond donors (Lipinski definition) is 0. The molecule has 0 aliphatic carbocycles. The van der Waals surface area contributed by atoms with Gasteiger partial charge in [-0.1, -0.05) is 37.0 Å². The third-order valence-corrected chi connectivity index (χ3v) is 2.02. The van der Waals surface area contributed by atoms with Crippen LogP contribution in [0.25, 0.3) is 10.4 Å². The summed E-state index contributed by atoms with van der Waals surface area (Å²) >= 11 is 0. The highest BCUT2D eigenvalue weighted by atomic mass is 16.5. The molecule has 0 saturated carbocycles. The average Bonchev–Trinajstić information content (AvgIpc) is 2.27. The number of benzene rings is 1. The van der Waals surface area contributed by atoms with Crippen LogP contribution in [0.4, 0.5) is 5.69 Å². The molecule has 0 aromatic heterocycles. The number of para-hydroxylation sites is 1. The molecule has 4 nitrogen and oxygen atoms in total. The summed E-state index contributed by atoms with van der Waals surface area (Å²) in [6.45, 7) is 2.82. The Morgan fingerprint density at radius 2 is 2.13 bits per heavy atom. The van der Waals surface area contributed by atoms with Gasteiger partial charge in [-0.25, -0.2) is 0 Å². The largest absolute Gasteiger partial charge is 0.493 e. The van der Waals surface area contributed by atoms with Gasteiger partial charge >= 0.3 is 0 Å². The third-order valence-electron chi connectivity index (χ3n) is 2.02. The SMILES string of the molecule is CCCCCOc1ccccc1N=[N+]=[N-]. The molecule has 0 amide bonds. The van der Waals surface area contributed by atoms with E-state index in [0.29, 0.717) is 18.0 Å². The van der Waals surface area contributed by atoms with E-state index in [9.17, 15) is 0 Å². The molecule has 0 aliphatic rings. The Hall–Kier alpha value is -1.67. The fourth-order valence-electron chi connectivity index (χ4n) is 1.24. The van der Waals surface area contributed by atoms with Gasteiger partial charge in [-0.3, -0.25) is 0 Å². The van der Waals surface area contributed by atoms with Crippen molar-refractivity contribution in [2.75, 3.05) is 6.61 Å². The van der Waals surface area contributed by atoms with Crippen LogP contribution in [0.2, 0.25) is 0 Å². The Morgan fingerprint density at radius 1 is 1.33 bits per heavy atom. The average molecular weight is 205 g/mol. The second kappa shape index (κ2) is 6.74. The molecule has 0 aliphatic heterocycles. The summed E-state index contributed by atoms with van der Waals surface area (Å²) in [5, 5.41) is 3.56. The molecule has 0 fully saturated rings. The molecule has 0 spiro atoms. The van der Waals surface area contributed by atoms with E-state index in [1.165, 1.54) is 6.42 Å². The van der Waals surface area contributed by atoms with Crippen molar-refractivity contribution in [3.63, 3.8) is 0 Å². The molecule has 0 unspecified atom stereocenters. The van der Waals surface area contributed by atoms with Gasteiger partial charge in [-0.2, -0.15) is 0 Å². The highest BCUT2D eigenvalue weighted by Gasteiger charge is 1.99.